The molecule has 0 fully saturated rings. The van der Waals surface area contributed by atoms with E-state index in [0.717, 1.165) is 34.2 Å². The first-order chi connectivity index (χ1) is 11.5. The summed E-state index contributed by atoms with van der Waals surface area (Å²) in [5.74, 6) is 0.0690. The average molecular weight is 323 g/mol. The Labute approximate surface area is 141 Å². The SMILES string of the molecule is COC(=O)c1cnc2n[nH]c(CC(C)C)c2c1-c1ccccc1C. The van der Waals surface area contributed by atoms with Crippen molar-refractivity contribution in [2.75, 3.05) is 7.11 Å². The summed E-state index contributed by atoms with van der Waals surface area (Å²) in [4.78, 5) is 16.7. The van der Waals surface area contributed by atoms with Gasteiger partial charge in [-0.2, -0.15) is 5.10 Å². The Hall–Kier alpha value is -2.69. The van der Waals surface area contributed by atoms with Gasteiger partial charge in [-0.25, -0.2) is 9.78 Å². The van der Waals surface area contributed by atoms with Crippen molar-refractivity contribution < 1.29 is 9.53 Å². The van der Waals surface area contributed by atoms with Crippen LogP contribution in [0.2, 0.25) is 0 Å². The molecule has 0 bridgehead atoms. The number of rotatable bonds is 4. The maximum Gasteiger partial charge on any atom is 0.340 e. The van der Waals surface area contributed by atoms with Gasteiger partial charge in [-0.05, 0) is 30.4 Å². The zero-order chi connectivity index (χ0) is 17.3. The molecule has 0 unspecified atom stereocenters. The molecule has 124 valence electrons. The van der Waals surface area contributed by atoms with E-state index < -0.39 is 0 Å². The zero-order valence-corrected chi connectivity index (χ0v) is 14.4. The number of ether oxygens (including phenoxy) is 1. The number of carbonyl (C=O) groups is 1. The molecule has 1 N–H and O–H groups in total. The number of benzene rings is 1. The number of fused-ring (bicyclic) bond motifs is 1. The molecule has 0 radical (unpaired) electrons. The smallest absolute Gasteiger partial charge is 0.340 e. The first-order valence-electron chi connectivity index (χ1n) is 8.03. The van der Waals surface area contributed by atoms with Crippen molar-refractivity contribution in [1.29, 1.82) is 0 Å². The molecule has 3 rings (SSSR count). The third-order valence-electron chi connectivity index (χ3n) is 4.09. The van der Waals surface area contributed by atoms with Gasteiger partial charge in [0.25, 0.3) is 0 Å². The third-order valence-corrected chi connectivity index (χ3v) is 4.09. The molecule has 0 aliphatic heterocycles. The number of aromatic amines is 1. The van der Waals surface area contributed by atoms with E-state index >= 15 is 0 Å². The quantitative estimate of drug-likeness (QED) is 0.739. The molecule has 0 spiro atoms. The fourth-order valence-corrected chi connectivity index (χ4v) is 3.00. The van der Waals surface area contributed by atoms with E-state index in [4.69, 9.17) is 4.74 Å². The first kappa shape index (κ1) is 16.2. The number of hydrogen-bond donors (Lipinski definition) is 1. The molecule has 3 aromatic rings. The van der Waals surface area contributed by atoms with Crippen molar-refractivity contribution in [3.8, 4) is 11.1 Å². The van der Waals surface area contributed by atoms with Crippen LogP contribution in [0.4, 0.5) is 0 Å². The monoisotopic (exact) mass is 323 g/mol. The summed E-state index contributed by atoms with van der Waals surface area (Å²) < 4.78 is 4.98. The fraction of sp³-hybridized carbons (Fsp3) is 0.316. The van der Waals surface area contributed by atoms with Crippen molar-refractivity contribution >= 4 is 17.0 Å². The van der Waals surface area contributed by atoms with Gasteiger partial charge in [0.2, 0.25) is 0 Å². The molecule has 0 atom stereocenters. The molecular formula is C19H21N3O2. The molecule has 1 aromatic carbocycles. The van der Waals surface area contributed by atoms with Crippen LogP contribution in [0.1, 0.15) is 35.5 Å². The Morgan fingerprint density at radius 2 is 2.04 bits per heavy atom. The minimum Gasteiger partial charge on any atom is -0.465 e. The highest BCUT2D eigenvalue weighted by molar-refractivity contribution is 6.07. The largest absolute Gasteiger partial charge is 0.465 e. The molecule has 2 heterocycles. The van der Waals surface area contributed by atoms with Crippen LogP contribution in [0.5, 0.6) is 0 Å². The zero-order valence-electron chi connectivity index (χ0n) is 14.4. The van der Waals surface area contributed by atoms with E-state index in [1.165, 1.54) is 7.11 Å². The van der Waals surface area contributed by atoms with Gasteiger partial charge < -0.3 is 4.74 Å². The predicted octanol–water partition coefficient (Wildman–Crippen LogP) is 3.92. The summed E-state index contributed by atoms with van der Waals surface area (Å²) in [5.41, 5.74) is 5.01. The highest BCUT2D eigenvalue weighted by Gasteiger charge is 2.22. The number of methoxy groups -OCH3 is 1. The number of nitrogens with one attached hydrogen (secondary N) is 1. The second-order valence-electron chi connectivity index (χ2n) is 6.35. The summed E-state index contributed by atoms with van der Waals surface area (Å²) in [5, 5.41) is 8.32. The van der Waals surface area contributed by atoms with Crippen molar-refractivity contribution in [2.45, 2.75) is 27.2 Å². The lowest BCUT2D eigenvalue weighted by Gasteiger charge is -2.13. The molecule has 0 saturated carbocycles. The number of hydrogen-bond acceptors (Lipinski definition) is 4. The van der Waals surface area contributed by atoms with E-state index in [1.54, 1.807) is 6.20 Å². The van der Waals surface area contributed by atoms with E-state index in [0.29, 0.717) is 17.1 Å². The Balaban J connectivity index is 2.38. The molecule has 24 heavy (non-hydrogen) atoms. The normalized spacial score (nSPS) is 11.2. The predicted molar refractivity (Wildman–Crippen MR) is 93.9 cm³/mol. The van der Waals surface area contributed by atoms with Gasteiger partial charge in [-0.3, -0.25) is 5.10 Å². The second kappa shape index (κ2) is 6.43. The topological polar surface area (TPSA) is 67.9 Å². The van der Waals surface area contributed by atoms with Gasteiger partial charge in [-0.15, -0.1) is 0 Å². The highest BCUT2D eigenvalue weighted by Crippen LogP contribution is 2.35. The number of nitrogens with zero attached hydrogens (tertiary/aromatic N) is 2. The summed E-state index contributed by atoms with van der Waals surface area (Å²) in [7, 11) is 1.39. The van der Waals surface area contributed by atoms with Crippen molar-refractivity contribution in [3.63, 3.8) is 0 Å². The van der Waals surface area contributed by atoms with Crippen LogP contribution in [-0.4, -0.2) is 28.3 Å². The summed E-state index contributed by atoms with van der Waals surface area (Å²) in [6.07, 6.45) is 2.39. The van der Waals surface area contributed by atoms with Crippen LogP contribution in [0.15, 0.2) is 30.5 Å². The van der Waals surface area contributed by atoms with E-state index in [2.05, 4.69) is 29.0 Å². The minimum absolute atomic E-state index is 0.389. The maximum atomic E-state index is 12.3. The van der Waals surface area contributed by atoms with E-state index in [9.17, 15) is 4.79 Å². The van der Waals surface area contributed by atoms with E-state index in [1.807, 2.05) is 31.2 Å². The van der Waals surface area contributed by atoms with Gasteiger partial charge in [0, 0.05) is 17.5 Å². The standard InChI is InChI=1S/C19H21N3O2/c1-11(2)9-15-17-16(13-8-6-5-7-12(13)3)14(19(23)24-4)10-20-18(17)22-21-15/h5-8,10-11H,9H2,1-4H3,(H,20,21,22). The lowest BCUT2D eigenvalue weighted by atomic mass is 9.92. The lowest BCUT2D eigenvalue weighted by molar-refractivity contribution is 0.0601. The first-order valence-corrected chi connectivity index (χ1v) is 8.03. The molecule has 0 aliphatic rings. The molecule has 0 saturated heterocycles. The van der Waals surface area contributed by atoms with Crippen LogP contribution in [0.25, 0.3) is 22.2 Å². The molecule has 5 nitrogen and oxygen atoms in total. The molecule has 2 aromatic heterocycles. The van der Waals surface area contributed by atoms with Crippen LogP contribution in [0, 0.1) is 12.8 Å². The minimum atomic E-state index is -0.389. The van der Waals surface area contributed by atoms with Gasteiger partial charge in [0.05, 0.1) is 18.1 Å². The maximum absolute atomic E-state index is 12.3. The van der Waals surface area contributed by atoms with Gasteiger partial charge in [-0.1, -0.05) is 38.1 Å². The number of pyridine rings is 1. The van der Waals surface area contributed by atoms with Crippen LogP contribution in [0.3, 0.4) is 0 Å². The van der Waals surface area contributed by atoms with Crippen LogP contribution >= 0.6 is 0 Å². The third kappa shape index (κ3) is 2.77. The van der Waals surface area contributed by atoms with Crippen LogP contribution < -0.4 is 0 Å². The second-order valence-corrected chi connectivity index (χ2v) is 6.35. The van der Waals surface area contributed by atoms with Crippen molar-refractivity contribution in [1.82, 2.24) is 15.2 Å². The molecule has 5 heteroatoms. The number of aromatic nitrogens is 3. The van der Waals surface area contributed by atoms with Gasteiger partial charge in [0.15, 0.2) is 5.65 Å². The van der Waals surface area contributed by atoms with Gasteiger partial charge >= 0.3 is 5.97 Å². The highest BCUT2D eigenvalue weighted by atomic mass is 16.5. The number of aryl methyl sites for hydroxylation is 1. The fourth-order valence-electron chi connectivity index (χ4n) is 3.00. The Morgan fingerprint density at radius 3 is 2.71 bits per heavy atom. The Morgan fingerprint density at radius 1 is 1.29 bits per heavy atom. The molecule has 0 aliphatic carbocycles. The summed E-state index contributed by atoms with van der Waals surface area (Å²) >= 11 is 0. The summed E-state index contributed by atoms with van der Waals surface area (Å²) in [6, 6.07) is 8.00. The van der Waals surface area contributed by atoms with Crippen LogP contribution in [-0.2, 0) is 11.2 Å². The molecular weight excluding hydrogens is 302 g/mol. The summed E-state index contributed by atoms with van der Waals surface area (Å²) in [6.45, 7) is 6.33. The number of H-pyrrole nitrogens is 1. The number of esters is 1. The molecule has 0 amide bonds. The van der Waals surface area contributed by atoms with Crippen molar-refractivity contribution in [2.24, 2.45) is 5.92 Å². The lowest BCUT2D eigenvalue weighted by Crippen LogP contribution is -2.06. The Kier molecular flexibility index (Phi) is 4.34. The van der Waals surface area contributed by atoms with E-state index in [-0.39, 0.29) is 5.97 Å². The average Bonchev–Trinajstić information content (AvgIpc) is 2.96. The van der Waals surface area contributed by atoms with Crippen molar-refractivity contribution in [3.05, 3.63) is 47.3 Å². The Bertz CT molecular complexity index is 897. The van der Waals surface area contributed by atoms with Gasteiger partial charge in [0.1, 0.15) is 0 Å². The number of carbonyl (C=O) groups excluding carboxylic acids is 1.